The van der Waals surface area contributed by atoms with Crippen LogP contribution in [0, 0.1) is 6.92 Å². The number of benzene rings is 1. The summed E-state index contributed by atoms with van der Waals surface area (Å²) in [5, 5.41) is 11.9. The first kappa shape index (κ1) is 20.0. The van der Waals surface area contributed by atoms with Crippen molar-refractivity contribution in [1.82, 2.24) is 10.2 Å². The number of nitrogens with zero attached hydrogens (tertiary/aromatic N) is 2. The molecule has 1 amide bonds. The van der Waals surface area contributed by atoms with Gasteiger partial charge in [-0.2, -0.15) is 0 Å². The highest BCUT2D eigenvalue weighted by Gasteiger charge is 2.09. The molecule has 0 aliphatic carbocycles. The third-order valence-corrected chi connectivity index (χ3v) is 5.28. The van der Waals surface area contributed by atoms with Crippen molar-refractivity contribution in [2.75, 3.05) is 31.4 Å². The highest BCUT2D eigenvalue weighted by atomic mass is 35.5. The highest BCUT2D eigenvalue weighted by molar-refractivity contribution is 8.01. The molecule has 0 saturated carbocycles. The number of nitrogens with one attached hydrogen (secondary N) is 1. The van der Waals surface area contributed by atoms with Gasteiger partial charge in [-0.25, -0.2) is 0 Å². The fourth-order valence-electron chi connectivity index (χ4n) is 1.90. The molecular formula is C16H20ClN3O3S2. The van der Waals surface area contributed by atoms with Crippen LogP contribution in [-0.2, 0) is 9.53 Å². The van der Waals surface area contributed by atoms with E-state index in [9.17, 15) is 4.79 Å². The van der Waals surface area contributed by atoms with E-state index in [1.54, 1.807) is 24.9 Å². The number of amides is 1. The highest BCUT2D eigenvalue weighted by Crippen LogP contribution is 2.25. The number of methoxy groups -OCH3 is 1. The van der Waals surface area contributed by atoms with Crippen LogP contribution in [0.1, 0.15) is 18.4 Å². The third kappa shape index (κ3) is 7.19. The molecule has 0 radical (unpaired) electrons. The lowest BCUT2D eigenvalue weighted by Crippen LogP contribution is -2.12. The normalized spacial score (nSPS) is 10.7. The fraction of sp³-hybridized carbons (Fsp3) is 0.438. The number of anilines is 1. The number of halogens is 1. The van der Waals surface area contributed by atoms with E-state index in [-0.39, 0.29) is 5.91 Å². The van der Waals surface area contributed by atoms with E-state index in [1.807, 2.05) is 19.1 Å². The minimum atomic E-state index is -0.0963. The van der Waals surface area contributed by atoms with Crippen molar-refractivity contribution in [1.29, 1.82) is 0 Å². The van der Waals surface area contributed by atoms with Crippen molar-refractivity contribution in [3.8, 4) is 5.75 Å². The Kier molecular flexibility index (Phi) is 8.47. The van der Waals surface area contributed by atoms with Crippen molar-refractivity contribution in [2.45, 2.75) is 24.1 Å². The average molecular weight is 402 g/mol. The van der Waals surface area contributed by atoms with Crippen LogP contribution in [0.4, 0.5) is 5.13 Å². The van der Waals surface area contributed by atoms with Gasteiger partial charge in [-0.3, -0.25) is 4.79 Å². The number of aromatic nitrogens is 2. The van der Waals surface area contributed by atoms with Crippen LogP contribution in [0.15, 0.2) is 22.5 Å². The molecule has 2 aromatic rings. The van der Waals surface area contributed by atoms with Crippen LogP contribution < -0.4 is 10.1 Å². The molecule has 0 bridgehead atoms. The third-order valence-electron chi connectivity index (χ3n) is 3.11. The SMILES string of the molecule is COCCSc1nnc(NC(=O)CCCOc2ccc(Cl)cc2C)s1. The topological polar surface area (TPSA) is 73.3 Å². The second-order valence-electron chi connectivity index (χ2n) is 5.12. The van der Waals surface area contributed by atoms with Gasteiger partial charge in [-0.1, -0.05) is 34.7 Å². The summed E-state index contributed by atoms with van der Waals surface area (Å²) >= 11 is 8.82. The largest absolute Gasteiger partial charge is 0.493 e. The Balaban J connectivity index is 1.67. The van der Waals surface area contributed by atoms with Gasteiger partial charge in [0.05, 0.1) is 13.2 Å². The van der Waals surface area contributed by atoms with Crippen LogP contribution in [0.5, 0.6) is 5.75 Å². The number of thioether (sulfide) groups is 1. The molecule has 136 valence electrons. The molecule has 0 atom stereocenters. The summed E-state index contributed by atoms with van der Waals surface area (Å²) in [6, 6.07) is 5.47. The number of carbonyl (C=O) groups excluding carboxylic acids is 1. The maximum Gasteiger partial charge on any atom is 0.226 e. The lowest BCUT2D eigenvalue weighted by molar-refractivity contribution is -0.116. The zero-order chi connectivity index (χ0) is 18.1. The number of rotatable bonds is 10. The summed E-state index contributed by atoms with van der Waals surface area (Å²) < 4.78 is 11.5. The first-order valence-electron chi connectivity index (χ1n) is 7.72. The first-order valence-corrected chi connectivity index (χ1v) is 9.90. The summed E-state index contributed by atoms with van der Waals surface area (Å²) in [7, 11) is 1.66. The maximum atomic E-state index is 11.9. The molecule has 0 aliphatic rings. The van der Waals surface area contributed by atoms with Gasteiger partial charge in [0.2, 0.25) is 11.0 Å². The molecule has 6 nitrogen and oxygen atoms in total. The number of aryl methyl sites for hydroxylation is 1. The number of carbonyl (C=O) groups is 1. The van der Waals surface area contributed by atoms with Crippen LogP contribution in [0.25, 0.3) is 0 Å². The Labute approximate surface area is 160 Å². The summed E-state index contributed by atoms with van der Waals surface area (Å²) in [5.41, 5.74) is 0.976. The van der Waals surface area contributed by atoms with Crippen molar-refractivity contribution >= 4 is 45.7 Å². The Hall–Kier alpha value is -1.35. The van der Waals surface area contributed by atoms with E-state index in [0.29, 0.717) is 36.2 Å². The van der Waals surface area contributed by atoms with Crippen molar-refractivity contribution < 1.29 is 14.3 Å². The van der Waals surface area contributed by atoms with E-state index in [1.165, 1.54) is 11.3 Å². The molecular weight excluding hydrogens is 382 g/mol. The minimum Gasteiger partial charge on any atom is -0.493 e. The van der Waals surface area contributed by atoms with Crippen LogP contribution in [0.2, 0.25) is 5.02 Å². The first-order chi connectivity index (χ1) is 12.1. The standard InChI is InChI=1S/C16H20ClN3O3S2/c1-11-10-12(17)5-6-13(11)23-7-3-4-14(21)18-15-19-20-16(25-15)24-9-8-22-2/h5-6,10H,3-4,7-9H2,1-2H3,(H,18,19,21). The molecule has 2 rings (SSSR count). The molecule has 1 N–H and O–H groups in total. The van der Waals surface area contributed by atoms with Gasteiger partial charge in [0.15, 0.2) is 4.34 Å². The molecule has 25 heavy (non-hydrogen) atoms. The lowest BCUT2D eigenvalue weighted by atomic mass is 10.2. The van der Waals surface area contributed by atoms with Crippen molar-refractivity contribution in [3.05, 3.63) is 28.8 Å². The van der Waals surface area contributed by atoms with Gasteiger partial charge >= 0.3 is 0 Å². The molecule has 0 unspecified atom stereocenters. The smallest absolute Gasteiger partial charge is 0.226 e. The second kappa shape index (κ2) is 10.6. The van der Waals surface area contributed by atoms with Crippen LogP contribution >= 0.6 is 34.7 Å². The predicted octanol–water partition coefficient (Wildman–Crippen LogP) is 4.04. The van der Waals surface area contributed by atoms with Gasteiger partial charge in [-0.15, -0.1) is 10.2 Å². The number of hydrogen-bond donors (Lipinski definition) is 1. The molecule has 0 fully saturated rings. The van der Waals surface area contributed by atoms with Gasteiger partial charge in [0, 0.05) is 24.3 Å². The molecule has 0 saturated heterocycles. The van der Waals surface area contributed by atoms with Crippen LogP contribution in [0.3, 0.4) is 0 Å². The van der Waals surface area contributed by atoms with E-state index < -0.39 is 0 Å². The van der Waals surface area contributed by atoms with E-state index >= 15 is 0 Å². The zero-order valence-electron chi connectivity index (χ0n) is 14.1. The van der Waals surface area contributed by atoms with Crippen molar-refractivity contribution in [2.24, 2.45) is 0 Å². The summed E-state index contributed by atoms with van der Waals surface area (Å²) in [6.45, 7) is 3.05. The van der Waals surface area contributed by atoms with Gasteiger partial charge in [0.1, 0.15) is 5.75 Å². The Morgan fingerprint density at radius 3 is 2.96 bits per heavy atom. The van der Waals surface area contributed by atoms with E-state index in [4.69, 9.17) is 21.1 Å². The zero-order valence-corrected chi connectivity index (χ0v) is 16.5. The summed E-state index contributed by atoms with van der Waals surface area (Å²) in [5.74, 6) is 1.49. The van der Waals surface area contributed by atoms with Crippen LogP contribution in [-0.4, -0.2) is 42.2 Å². The molecule has 0 spiro atoms. The number of hydrogen-bond acceptors (Lipinski definition) is 7. The maximum absolute atomic E-state index is 11.9. The molecule has 9 heteroatoms. The van der Waals surface area contributed by atoms with E-state index in [0.717, 1.165) is 21.4 Å². The Morgan fingerprint density at radius 1 is 1.36 bits per heavy atom. The van der Waals surface area contributed by atoms with Gasteiger partial charge in [0.25, 0.3) is 0 Å². The summed E-state index contributed by atoms with van der Waals surface area (Å²) in [6.07, 6.45) is 0.973. The number of ether oxygens (including phenoxy) is 2. The molecule has 1 aromatic carbocycles. The van der Waals surface area contributed by atoms with Gasteiger partial charge in [-0.05, 0) is 37.1 Å². The average Bonchev–Trinajstić information content (AvgIpc) is 3.01. The second-order valence-corrected chi connectivity index (χ2v) is 7.88. The minimum absolute atomic E-state index is 0.0963. The lowest BCUT2D eigenvalue weighted by Gasteiger charge is -2.09. The van der Waals surface area contributed by atoms with Crippen molar-refractivity contribution in [3.63, 3.8) is 0 Å². The molecule has 1 aromatic heterocycles. The quantitative estimate of drug-likeness (QED) is 0.368. The van der Waals surface area contributed by atoms with Gasteiger partial charge < -0.3 is 14.8 Å². The summed E-state index contributed by atoms with van der Waals surface area (Å²) in [4.78, 5) is 11.9. The molecule has 1 heterocycles. The molecule has 0 aliphatic heterocycles. The Bertz CT molecular complexity index is 697. The predicted molar refractivity (Wildman–Crippen MR) is 102 cm³/mol. The fourth-order valence-corrected chi connectivity index (χ4v) is 3.87. The van der Waals surface area contributed by atoms with E-state index in [2.05, 4.69) is 15.5 Å². The monoisotopic (exact) mass is 401 g/mol. The Morgan fingerprint density at radius 2 is 2.20 bits per heavy atom.